The van der Waals surface area contributed by atoms with Crippen LogP contribution in [0.15, 0.2) is 43.2 Å². The second kappa shape index (κ2) is 3.33. The molecule has 0 atom stereocenters. The molecule has 1 amide bonds. The van der Waals surface area contributed by atoms with Crippen molar-refractivity contribution in [2.24, 2.45) is 0 Å². The Bertz CT molecular complexity index is 487. The molecule has 0 aromatic carbocycles. The summed E-state index contributed by atoms with van der Waals surface area (Å²) in [5, 5.41) is 0.983. The van der Waals surface area contributed by atoms with Crippen LogP contribution in [0.4, 0.5) is 0 Å². The van der Waals surface area contributed by atoms with Gasteiger partial charge < -0.3 is 0 Å². The van der Waals surface area contributed by atoms with Crippen molar-refractivity contribution in [3.8, 4) is 0 Å². The van der Waals surface area contributed by atoms with E-state index in [1.165, 1.54) is 6.08 Å². The first-order valence-electron chi connectivity index (χ1n) is 4.17. The minimum Gasteiger partial charge on any atom is -0.268 e. The quantitative estimate of drug-likeness (QED) is 0.720. The molecule has 2 heterocycles. The van der Waals surface area contributed by atoms with Crippen LogP contribution in [0, 0.1) is 0 Å². The van der Waals surface area contributed by atoms with Gasteiger partial charge in [-0.25, -0.2) is 9.66 Å². The molecule has 0 bridgehead atoms. The number of rotatable bonds is 2. The van der Waals surface area contributed by atoms with Crippen molar-refractivity contribution in [2.75, 3.05) is 5.43 Å². The van der Waals surface area contributed by atoms with E-state index < -0.39 is 0 Å². The first-order chi connectivity index (χ1) is 6.81. The Kier molecular flexibility index (Phi) is 2.02. The Hall–Kier alpha value is -2.10. The summed E-state index contributed by atoms with van der Waals surface area (Å²) in [6.45, 7) is 3.38. The highest BCUT2D eigenvalue weighted by atomic mass is 16.2. The van der Waals surface area contributed by atoms with E-state index >= 15 is 0 Å². The number of amides is 1. The Morgan fingerprint density at radius 1 is 1.57 bits per heavy atom. The van der Waals surface area contributed by atoms with E-state index in [2.05, 4.69) is 17.0 Å². The normalized spacial score (nSPS) is 10.0. The van der Waals surface area contributed by atoms with E-state index in [4.69, 9.17) is 0 Å². The molecule has 0 radical (unpaired) electrons. The van der Waals surface area contributed by atoms with Crippen LogP contribution in [0.25, 0.3) is 11.0 Å². The molecular formula is C10H9N3O. The van der Waals surface area contributed by atoms with Gasteiger partial charge in [-0.2, -0.15) is 0 Å². The predicted octanol–water partition coefficient (Wildman–Crippen LogP) is 1.29. The molecule has 0 unspecified atom stereocenters. The molecule has 1 N–H and O–H groups in total. The predicted molar refractivity (Wildman–Crippen MR) is 54.3 cm³/mol. The fourth-order valence-corrected chi connectivity index (χ4v) is 1.22. The van der Waals surface area contributed by atoms with E-state index in [1.54, 1.807) is 17.1 Å². The van der Waals surface area contributed by atoms with E-state index in [1.807, 2.05) is 18.2 Å². The van der Waals surface area contributed by atoms with Crippen LogP contribution in [0.5, 0.6) is 0 Å². The van der Waals surface area contributed by atoms with E-state index in [0.29, 0.717) is 0 Å². The number of nitrogens with one attached hydrogen (secondary N) is 1. The molecule has 4 heteroatoms. The van der Waals surface area contributed by atoms with Crippen molar-refractivity contribution < 1.29 is 4.79 Å². The van der Waals surface area contributed by atoms with Gasteiger partial charge in [0.2, 0.25) is 0 Å². The molecule has 0 aliphatic carbocycles. The van der Waals surface area contributed by atoms with Gasteiger partial charge in [0.1, 0.15) is 0 Å². The van der Waals surface area contributed by atoms with Gasteiger partial charge in [0.05, 0.1) is 0 Å². The third kappa shape index (κ3) is 1.37. The first kappa shape index (κ1) is 8.50. The molecule has 4 nitrogen and oxygen atoms in total. The summed E-state index contributed by atoms with van der Waals surface area (Å²) in [4.78, 5) is 15.2. The number of hydrogen-bond donors (Lipinski definition) is 1. The average molecular weight is 187 g/mol. The molecule has 0 fully saturated rings. The van der Waals surface area contributed by atoms with E-state index in [0.717, 1.165) is 11.0 Å². The Morgan fingerprint density at radius 2 is 2.43 bits per heavy atom. The maximum Gasteiger partial charge on any atom is 0.262 e. The second-order valence-electron chi connectivity index (χ2n) is 2.78. The van der Waals surface area contributed by atoms with Crippen molar-refractivity contribution in [2.45, 2.75) is 0 Å². The zero-order valence-electron chi connectivity index (χ0n) is 7.47. The number of fused-ring (bicyclic) bond motifs is 1. The highest BCUT2D eigenvalue weighted by molar-refractivity contribution is 5.94. The van der Waals surface area contributed by atoms with Crippen molar-refractivity contribution in [1.29, 1.82) is 0 Å². The summed E-state index contributed by atoms with van der Waals surface area (Å²) in [5.74, 6) is -0.256. The van der Waals surface area contributed by atoms with Crippen molar-refractivity contribution in [1.82, 2.24) is 9.66 Å². The van der Waals surface area contributed by atoms with E-state index in [9.17, 15) is 4.79 Å². The molecule has 2 aromatic rings. The first-order valence-corrected chi connectivity index (χ1v) is 4.17. The Morgan fingerprint density at radius 3 is 3.21 bits per heavy atom. The average Bonchev–Trinajstić information content (AvgIpc) is 2.62. The fraction of sp³-hybridized carbons (Fsp3) is 0. The SMILES string of the molecule is C=CC(=O)Nn1ccc2cccnc21. The Labute approximate surface area is 80.8 Å². The van der Waals surface area contributed by atoms with Gasteiger partial charge in [-0.15, -0.1) is 0 Å². The van der Waals surface area contributed by atoms with Crippen LogP contribution in [-0.4, -0.2) is 15.6 Å². The fourth-order valence-electron chi connectivity index (χ4n) is 1.22. The standard InChI is InChI=1S/C10H9N3O/c1-2-9(14)12-13-7-5-8-4-3-6-11-10(8)13/h2-7H,1H2,(H,12,14). The monoisotopic (exact) mass is 187 g/mol. The summed E-state index contributed by atoms with van der Waals surface area (Å²) in [6, 6.07) is 5.66. The van der Waals surface area contributed by atoms with Crippen molar-refractivity contribution >= 4 is 16.9 Å². The molecule has 0 aliphatic heterocycles. The second-order valence-corrected chi connectivity index (χ2v) is 2.78. The maximum absolute atomic E-state index is 11.0. The lowest BCUT2D eigenvalue weighted by molar-refractivity contribution is -0.112. The molecule has 0 spiro atoms. The number of pyridine rings is 1. The molecule has 0 saturated carbocycles. The molecule has 0 aliphatic rings. The summed E-state index contributed by atoms with van der Waals surface area (Å²) >= 11 is 0. The number of hydrogen-bond acceptors (Lipinski definition) is 2. The van der Waals surface area contributed by atoms with Gasteiger partial charge in [0.15, 0.2) is 5.65 Å². The third-order valence-corrected chi connectivity index (χ3v) is 1.86. The minimum absolute atomic E-state index is 0.256. The molecule has 0 saturated heterocycles. The maximum atomic E-state index is 11.0. The number of aromatic nitrogens is 2. The van der Waals surface area contributed by atoms with Crippen LogP contribution in [0.1, 0.15) is 0 Å². The van der Waals surface area contributed by atoms with Crippen molar-refractivity contribution in [3.63, 3.8) is 0 Å². The molecule has 14 heavy (non-hydrogen) atoms. The zero-order valence-corrected chi connectivity index (χ0v) is 7.47. The zero-order chi connectivity index (χ0) is 9.97. The lowest BCUT2D eigenvalue weighted by atomic mass is 10.3. The van der Waals surface area contributed by atoms with Gasteiger partial charge in [-0.3, -0.25) is 10.2 Å². The lowest BCUT2D eigenvalue weighted by Gasteiger charge is -2.03. The van der Waals surface area contributed by atoms with Crippen LogP contribution in [0.3, 0.4) is 0 Å². The number of carbonyl (C=O) groups is 1. The van der Waals surface area contributed by atoms with Gasteiger partial charge in [0, 0.05) is 17.8 Å². The largest absolute Gasteiger partial charge is 0.268 e. The number of nitrogens with zero attached hydrogens (tertiary/aromatic N) is 2. The number of carbonyl (C=O) groups excluding carboxylic acids is 1. The summed E-state index contributed by atoms with van der Waals surface area (Å²) in [6.07, 6.45) is 4.65. The molecule has 2 rings (SSSR count). The van der Waals surface area contributed by atoms with Crippen LogP contribution < -0.4 is 5.43 Å². The topological polar surface area (TPSA) is 46.9 Å². The van der Waals surface area contributed by atoms with Gasteiger partial charge in [-0.1, -0.05) is 6.58 Å². The van der Waals surface area contributed by atoms with E-state index in [-0.39, 0.29) is 5.91 Å². The van der Waals surface area contributed by atoms with Gasteiger partial charge in [-0.05, 0) is 24.3 Å². The Balaban J connectivity index is 2.43. The minimum atomic E-state index is -0.256. The van der Waals surface area contributed by atoms with Crippen LogP contribution in [0.2, 0.25) is 0 Å². The highest BCUT2D eigenvalue weighted by Crippen LogP contribution is 2.10. The highest BCUT2D eigenvalue weighted by Gasteiger charge is 2.01. The van der Waals surface area contributed by atoms with Gasteiger partial charge in [0.25, 0.3) is 5.91 Å². The van der Waals surface area contributed by atoms with Crippen LogP contribution >= 0.6 is 0 Å². The summed E-state index contributed by atoms with van der Waals surface area (Å²) < 4.78 is 1.57. The molecule has 70 valence electrons. The lowest BCUT2D eigenvalue weighted by Crippen LogP contribution is -2.19. The third-order valence-electron chi connectivity index (χ3n) is 1.86. The van der Waals surface area contributed by atoms with Crippen LogP contribution in [-0.2, 0) is 4.79 Å². The summed E-state index contributed by atoms with van der Waals surface area (Å²) in [5.41, 5.74) is 3.34. The molecule has 2 aromatic heterocycles. The summed E-state index contributed by atoms with van der Waals surface area (Å²) in [7, 11) is 0. The smallest absolute Gasteiger partial charge is 0.262 e. The van der Waals surface area contributed by atoms with Crippen molar-refractivity contribution in [3.05, 3.63) is 43.2 Å². The molecular weight excluding hydrogens is 178 g/mol. The van der Waals surface area contributed by atoms with Gasteiger partial charge >= 0.3 is 0 Å².